The van der Waals surface area contributed by atoms with Crippen molar-refractivity contribution >= 4 is 17.6 Å². The molecule has 1 aromatic heterocycles. The minimum Gasteiger partial charge on any atom is -0.468 e. The first-order valence-corrected chi connectivity index (χ1v) is 6.79. The number of carbonyl (C=O) groups is 1. The Kier molecular flexibility index (Phi) is 3.65. The fourth-order valence-electron chi connectivity index (χ4n) is 2.56. The third-order valence-corrected chi connectivity index (χ3v) is 3.88. The minimum atomic E-state index is -0.575. The molecule has 1 aliphatic heterocycles. The van der Waals surface area contributed by atoms with Gasteiger partial charge in [-0.25, -0.2) is 9.37 Å². The highest BCUT2D eigenvalue weighted by Crippen LogP contribution is 2.32. The first-order chi connectivity index (χ1) is 10.1. The molecule has 7 heteroatoms. The van der Waals surface area contributed by atoms with Crippen LogP contribution in [0.2, 0.25) is 5.02 Å². The molecule has 2 N–H and O–H groups in total. The van der Waals surface area contributed by atoms with E-state index in [1.165, 1.54) is 19.5 Å². The number of halogens is 2. The molecular formula is C14H13ClFN3O2. The Morgan fingerprint density at radius 1 is 1.52 bits per heavy atom. The second kappa shape index (κ2) is 5.46. The number of carbonyl (C=O) groups excluding carboxylic acids is 1. The molecule has 0 fully saturated rings. The van der Waals surface area contributed by atoms with Gasteiger partial charge in [-0.1, -0.05) is 23.7 Å². The second-order valence-corrected chi connectivity index (χ2v) is 5.19. The fourth-order valence-corrected chi connectivity index (χ4v) is 2.75. The summed E-state index contributed by atoms with van der Waals surface area (Å²) in [6.07, 6.45) is 1.92. The molecule has 2 unspecified atom stereocenters. The number of hydrogen-bond donors (Lipinski definition) is 2. The second-order valence-electron chi connectivity index (χ2n) is 4.79. The number of imidazole rings is 1. The number of rotatable bonds is 2. The maximum Gasteiger partial charge on any atom is 0.323 e. The normalized spacial score (nSPS) is 20.9. The molecule has 0 radical (unpaired) electrons. The largest absolute Gasteiger partial charge is 0.468 e. The lowest BCUT2D eigenvalue weighted by Gasteiger charge is -2.29. The van der Waals surface area contributed by atoms with Crippen molar-refractivity contribution in [1.82, 2.24) is 15.3 Å². The van der Waals surface area contributed by atoms with Gasteiger partial charge in [0.1, 0.15) is 11.9 Å². The molecule has 0 amide bonds. The van der Waals surface area contributed by atoms with Gasteiger partial charge in [0.2, 0.25) is 0 Å². The summed E-state index contributed by atoms with van der Waals surface area (Å²) in [5, 5.41) is 3.12. The van der Waals surface area contributed by atoms with Gasteiger partial charge in [0.15, 0.2) is 0 Å². The number of hydrogen-bond acceptors (Lipinski definition) is 4. The van der Waals surface area contributed by atoms with Crippen LogP contribution in [0.5, 0.6) is 0 Å². The zero-order valence-electron chi connectivity index (χ0n) is 11.2. The van der Waals surface area contributed by atoms with Gasteiger partial charge >= 0.3 is 5.97 Å². The summed E-state index contributed by atoms with van der Waals surface area (Å²) < 4.78 is 19.0. The number of benzene rings is 1. The number of H-pyrrole nitrogens is 1. The monoisotopic (exact) mass is 309 g/mol. The van der Waals surface area contributed by atoms with E-state index in [-0.39, 0.29) is 5.02 Å². The van der Waals surface area contributed by atoms with Gasteiger partial charge in [0.25, 0.3) is 0 Å². The van der Waals surface area contributed by atoms with Crippen molar-refractivity contribution < 1.29 is 13.9 Å². The van der Waals surface area contributed by atoms with Crippen molar-refractivity contribution in [2.24, 2.45) is 0 Å². The van der Waals surface area contributed by atoms with E-state index in [0.717, 1.165) is 5.69 Å². The predicted molar refractivity (Wildman–Crippen MR) is 74.5 cm³/mol. The molecule has 2 atom stereocenters. The van der Waals surface area contributed by atoms with Crippen LogP contribution in [0.1, 0.15) is 23.0 Å². The lowest BCUT2D eigenvalue weighted by Crippen LogP contribution is -2.46. The number of esters is 1. The van der Waals surface area contributed by atoms with Crippen LogP contribution in [-0.4, -0.2) is 29.1 Å². The van der Waals surface area contributed by atoms with Gasteiger partial charge in [-0.2, -0.15) is 0 Å². The van der Waals surface area contributed by atoms with E-state index in [0.29, 0.717) is 17.7 Å². The molecule has 21 heavy (non-hydrogen) atoms. The van der Waals surface area contributed by atoms with E-state index in [4.69, 9.17) is 16.3 Å². The SMILES string of the molecule is COC(=O)C1Cc2nc[nH]c2C(c2cccc(Cl)c2F)N1. The summed E-state index contributed by atoms with van der Waals surface area (Å²) in [4.78, 5) is 19.0. The van der Waals surface area contributed by atoms with E-state index >= 15 is 0 Å². The molecule has 0 spiro atoms. The predicted octanol–water partition coefficient (Wildman–Crippen LogP) is 1.98. The molecule has 3 rings (SSSR count). The Morgan fingerprint density at radius 2 is 2.33 bits per heavy atom. The quantitative estimate of drug-likeness (QED) is 0.833. The van der Waals surface area contributed by atoms with Crippen molar-refractivity contribution in [3.8, 4) is 0 Å². The number of aromatic nitrogens is 2. The number of nitrogens with zero attached hydrogens (tertiary/aromatic N) is 1. The zero-order chi connectivity index (χ0) is 15.0. The fraction of sp³-hybridized carbons (Fsp3) is 0.286. The number of fused-ring (bicyclic) bond motifs is 1. The van der Waals surface area contributed by atoms with E-state index in [2.05, 4.69) is 15.3 Å². The van der Waals surface area contributed by atoms with Crippen LogP contribution in [0.4, 0.5) is 4.39 Å². The maximum atomic E-state index is 14.3. The van der Waals surface area contributed by atoms with Crippen LogP contribution in [0.25, 0.3) is 0 Å². The first-order valence-electron chi connectivity index (χ1n) is 6.41. The van der Waals surface area contributed by atoms with Crippen LogP contribution in [0.15, 0.2) is 24.5 Å². The summed E-state index contributed by atoms with van der Waals surface area (Å²) in [5.41, 5.74) is 1.81. The molecule has 2 aromatic rings. The standard InChI is InChI=1S/C14H13ClFN3O2/c1-21-14(20)10-5-9-13(18-6-17-9)12(19-10)7-3-2-4-8(15)11(7)16/h2-4,6,10,12,19H,5H2,1H3,(H,17,18). The van der Waals surface area contributed by atoms with E-state index in [9.17, 15) is 9.18 Å². The van der Waals surface area contributed by atoms with Gasteiger partial charge in [0, 0.05) is 12.0 Å². The first kappa shape index (κ1) is 14.0. The number of methoxy groups -OCH3 is 1. The zero-order valence-corrected chi connectivity index (χ0v) is 11.9. The summed E-state index contributed by atoms with van der Waals surface area (Å²) in [6, 6.07) is 3.67. The molecule has 5 nitrogen and oxygen atoms in total. The van der Waals surface area contributed by atoms with Gasteiger partial charge in [0.05, 0.1) is 35.9 Å². The molecule has 2 heterocycles. The molecule has 0 bridgehead atoms. The van der Waals surface area contributed by atoms with E-state index < -0.39 is 23.9 Å². The summed E-state index contributed by atoms with van der Waals surface area (Å²) in [6.45, 7) is 0. The highest BCUT2D eigenvalue weighted by atomic mass is 35.5. The van der Waals surface area contributed by atoms with E-state index in [1.54, 1.807) is 12.1 Å². The van der Waals surface area contributed by atoms with Gasteiger partial charge < -0.3 is 9.72 Å². The average molecular weight is 310 g/mol. The Morgan fingerprint density at radius 3 is 3.10 bits per heavy atom. The van der Waals surface area contributed by atoms with Gasteiger partial charge in [-0.05, 0) is 6.07 Å². The Bertz CT molecular complexity index is 689. The molecular weight excluding hydrogens is 297 g/mol. The van der Waals surface area contributed by atoms with E-state index in [1.807, 2.05) is 0 Å². The number of ether oxygens (including phenoxy) is 1. The Balaban J connectivity index is 2.05. The molecule has 110 valence electrons. The molecule has 1 aliphatic rings. The molecule has 1 aromatic carbocycles. The Labute approximate surface area is 125 Å². The van der Waals surface area contributed by atoms with Crippen LogP contribution in [-0.2, 0) is 16.0 Å². The number of aromatic amines is 1. The molecule has 0 saturated carbocycles. The lowest BCUT2D eigenvalue weighted by atomic mass is 9.93. The molecule has 0 saturated heterocycles. The van der Waals surface area contributed by atoms with Crippen molar-refractivity contribution in [3.05, 3.63) is 52.3 Å². The average Bonchev–Trinajstić information content (AvgIpc) is 2.96. The van der Waals surface area contributed by atoms with Crippen LogP contribution in [0.3, 0.4) is 0 Å². The third-order valence-electron chi connectivity index (χ3n) is 3.58. The summed E-state index contributed by atoms with van der Waals surface area (Å²) >= 11 is 5.84. The van der Waals surface area contributed by atoms with Crippen molar-refractivity contribution in [2.45, 2.75) is 18.5 Å². The van der Waals surface area contributed by atoms with Crippen LogP contribution in [0, 0.1) is 5.82 Å². The molecule has 0 aliphatic carbocycles. The van der Waals surface area contributed by atoms with Crippen LogP contribution < -0.4 is 5.32 Å². The minimum absolute atomic E-state index is 0.0376. The van der Waals surface area contributed by atoms with Gasteiger partial charge in [-0.15, -0.1) is 0 Å². The maximum absolute atomic E-state index is 14.3. The number of nitrogens with one attached hydrogen (secondary N) is 2. The lowest BCUT2D eigenvalue weighted by molar-refractivity contribution is -0.143. The smallest absolute Gasteiger partial charge is 0.323 e. The summed E-state index contributed by atoms with van der Waals surface area (Å²) in [7, 11) is 1.32. The van der Waals surface area contributed by atoms with Crippen molar-refractivity contribution in [3.63, 3.8) is 0 Å². The highest BCUT2D eigenvalue weighted by molar-refractivity contribution is 6.30. The highest BCUT2D eigenvalue weighted by Gasteiger charge is 2.35. The summed E-state index contributed by atoms with van der Waals surface area (Å²) in [5.74, 6) is -0.918. The van der Waals surface area contributed by atoms with Crippen LogP contribution >= 0.6 is 11.6 Å². The van der Waals surface area contributed by atoms with Gasteiger partial charge in [-0.3, -0.25) is 10.1 Å². The Hall–Kier alpha value is -1.92. The van der Waals surface area contributed by atoms with Crippen molar-refractivity contribution in [2.75, 3.05) is 7.11 Å². The third kappa shape index (κ3) is 2.41. The van der Waals surface area contributed by atoms with Crippen molar-refractivity contribution in [1.29, 1.82) is 0 Å². The topological polar surface area (TPSA) is 67.0 Å².